The van der Waals surface area contributed by atoms with Crippen molar-refractivity contribution in [2.45, 2.75) is 24.9 Å². The summed E-state index contributed by atoms with van der Waals surface area (Å²) in [6.07, 6.45) is -3.13. The number of nitrogens with two attached hydrogens (primary N) is 1. The molecule has 0 bridgehead atoms. The van der Waals surface area contributed by atoms with Gasteiger partial charge in [0.05, 0.1) is 0 Å². The number of hydrogen-bond donors (Lipinski definition) is 4. The SMILES string of the molecule is CC(N)(C(F)F)[C@H](NC(=O)c1ccc(C#CC#Cc2ccsc2)cc1)C(=O)NO. The van der Waals surface area contributed by atoms with Crippen molar-refractivity contribution in [2.24, 2.45) is 5.73 Å². The molecule has 5 N–H and O–H groups in total. The van der Waals surface area contributed by atoms with Crippen LogP contribution in [0.3, 0.4) is 0 Å². The number of thiophene rings is 1. The fourth-order valence-electron chi connectivity index (χ4n) is 2.16. The van der Waals surface area contributed by atoms with E-state index in [9.17, 15) is 18.4 Å². The molecule has 2 rings (SSSR count). The number of hydroxylamine groups is 1. The van der Waals surface area contributed by atoms with Crippen molar-refractivity contribution in [2.75, 3.05) is 0 Å². The molecule has 0 radical (unpaired) electrons. The standard InChI is InChI=1S/C20H17F2N3O3S/c1-20(23,19(21)22)16(18(27)25-28)24-17(26)15-8-6-13(7-9-15)4-2-3-5-14-10-11-29-12-14/h6-12,16,19,28H,23H2,1H3,(H,24,26)(H,25,27)/t16-,20?/m1/s1. The van der Waals surface area contributed by atoms with Gasteiger partial charge < -0.3 is 11.1 Å². The van der Waals surface area contributed by atoms with Crippen molar-refractivity contribution in [1.29, 1.82) is 0 Å². The molecule has 2 atom stereocenters. The third-order valence-corrected chi connectivity index (χ3v) is 4.57. The Morgan fingerprint density at radius 1 is 1.14 bits per heavy atom. The molecule has 29 heavy (non-hydrogen) atoms. The van der Waals surface area contributed by atoms with Crippen molar-refractivity contribution >= 4 is 23.2 Å². The van der Waals surface area contributed by atoms with E-state index in [-0.39, 0.29) is 5.56 Å². The van der Waals surface area contributed by atoms with E-state index in [1.54, 1.807) is 12.1 Å². The third kappa shape index (κ3) is 5.87. The molecule has 0 aliphatic rings. The van der Waals surface area contributed by atoms with E-state index in [2.05, 4.69) is 29.0 Å². The van der Waals surface area contributed by atoms with Gasteiger partial charge in [-0.25, -0.2) is 14.3 Å². The number of alkyl halides is 2. The number of carbonyl (C=O) groups excluding carboxylic acids is 2. The van der Waals surface area contributed by atoms with Crippen LogP contribution in [0.4, 0.5) is 8.78 Å². The number of halogens is 2. The van der Waals surface area contributed by atoms with E-state index in [0.29, 0.717) is 5.56 Å². The first-order valence-corrected chi connectivity index (χ1v) is 9.16. The van der Waals surface area contributed by atoms with Gasteiger partial charge in [-0.1, -0.05) is 11.8 Å². The second-order valence-electron chi connectivity index (χ2n) is 6.14. The van der Waals surface area contributed by atoms with E-state index in [4.69, 9.17) is 10.9 Å². The second kappa shape index (κ2) is 9.80. The normalized spacial score (nSPS) is 13.2. The van der Waals surface area contributed by atoms with Gasteiger partial charge in [-0.05, 0) is 54.5 Å². The maximum absolute atomic E-state index is 13.1. The fraction of sp³-hybridized carbons (Fsp3) is 0.200. The van der Waals surface area contributed by atoms with Crippen LogP contribution in [0.25, 0.3) is 0 Å². The van der Waals surface area contributed by atoms with Crippen LogP contribution in [0.1, 0.15) is 28.4 Å². The van der Waals surface area contributed by atoms with E-state index in [0.717, 1.165) is 12.5 Å². The summed E-state index contributed by atoms with van der Waals surface area (Å²) in [5.41, 5.74) is 5.86. The van der Waals surface area contributed by atoms with Crippen molar-refractivity contribution in [3.63, 3.8) is 0 Å². The average Bonchev–Trinajstić information content (AvgIpc) is 3.22. The molecule has 1 aromatic heterocycles. The Labute approximate surface area is 170 Å². The molecule has 0 fully saturated rings. The quantitative estimate of drug-likeness (QED) is 0.338. The Hall–Kier alpha value is -3.24. The minimum atomic E-state index is -3.13. The first kappa shape index (κ1) is 22.1. The maximum Gasteiger partial charge on any atom is 0.268 e. The van der Waals surface area contributed by atoms with Crippen LogP contribution in [0.15, 0.2) is 41.1 Å². The molecule has 9 heteroatoms. The lowest BCUT2D eigenvalue weighted by atomic mass is 9.92. The minimum Gasteiger partial charge on any atom is -0.338 e. The molecule has 0 aliphatic carbocycles. The van der Waals surface area contributed by atoms with Crippen LogP contribution in [0.2, 0.25) is 0 Å². The minimum absolute atomic E-state index is 0.0979. The van der Waals surface area contributed by atoms with Crippen molar-refractivity contribution in [3.05, 3.63) is 57.8 Å². The maximum atomic E-state index is 13.1. The van der Waals surface area contributed by atoms with Gasteiger partial charge in [0.25, 0.3) is 18.2 Å². The molecular formula is C20H17F2N3O3S. The van der Waals surface area contributed by atoms with Crippen LogP contribution < -0.4 is 16.5 Å². The van der Waals surface area contributed by atoms with Gasteiger partial charge in [-0.15, -0.1) is 0 Å². The van der Waals surface area contributed by atoms with Crippen LogP contribution in [-0.4, -0.2) is 35.0 Å². The van der Waals surface area contributed by atoms with Gasteiger partial charge in [-0.2, -0.15) is 11.3 Å². The van der Waals surface area contributed by atoms with Crippen LogP contribution in [0, 0.1) is 23.7 Å². The van der Waals surface area contributed by atoms with Gasteiger partial charge in [0.15, 0.2) is 0 Å². The smallest absolute Gasteiger partial charge is 0.268 e. The summed E-state index contributed by atoms with van der Waals surface area (Å²) < 4.78 is 26.3. The van der Waals surface area contributed by atoms with Gasteiger partial charge in [0.2, 0.25) is 0 Å². The van der Waals surface area contributed by atoms with Gasteiger partial charge in [0, 0.05) is 22.1 Å². The van der Waals surface area contributed by atoms with Crippen LogP contribution in [0.5, 0.6) is 0 Å². The van der Waals surface area contributed by atoms with Gasteiger partial charge in [-0.3, -0.25) is 14.8 Å². The lowest BCUT2D eigenvalue weighted by Gasteiger charge is -2.32. The highest BCUT2D eigenvalue weighted by atomic mass is 32.1. The van der Waals surface area contributed by atoms with E-state index in [1.165, 1.54) is 28.9 Å². The van der Waals surface area contributed by atoms with Crippen LogP contribution in [-0.2, 0) is 4.79 Å². The Balaban J connectivity index is 2.10. The van der Waals surface area contributed by atoms with E-state index in [1.807, 2.05) is 16.8 Å². The lowest BCUT2D eigenvalue weighted by molar-refractivity contribution is -0.134. The Kier molecular flexibility index (Phi) is 7.46. The molecule has 0 spiro atoms. The average molecular weight is 417 g/mol. The predicted molar refractivity (Wildman–Crippen MR) is 104 cm³/mol. The molecule has 150 valence electrons. The van der Waals surface area contributed by atoms with Crippen molar-refractivity contribution in [1.82, 2.24) is 10.8 Å². The number of hydrogen-bond acceptors (Lipinski definition) is 5. The molecule has 6 nitrogen and oxygen atoms in total. The molecule has 0 saturated heterocycles. The molecule has 2 aromatic rings. The molecular weight excluding hydrogens is 400 g/mol. The lowest BCUT2D eigenvalue weighted by Crippen LogP contribution is -2.66. The Morgan fingerprint density at radius 3 is 2.28 bits per heavy atom. The summed E-state index contributed by atoms with van der Waals surface area (Å²) in [4.78, 5) is 24.0. The number of carbonyl (C=O) groups is 2. The second-order valence-corrected chi connectivity index (χ2v) is 6.92. The van der Waals surface area contributed by atoms with Crippen molar-refractivity contribution in [3.8, 4) is 23.7 Å². The molecule has 0 saturated carbocycles. The molecule has 1 heterocycles. The topological polar surface area (TPSA) is 104 Å². The Bertz CT molecular complexity index is 982. The molecule has 1 aromatic carbocycles. The summed E-state index contributed by atoms with van der Waals surface area (Å²) in [5, 5.41) is 14.7. The predicted octanol–water partition coefficient (Wildman–Crippen LogP) is 1.74. The highest BCUT2D eigenvalue weighted by Gasteiger charge is 2.44. The van der Waals surface area contributed by atoms with Crippen molar-refractivity contribution < 1.29 is 23.6 Å². The first-order valence-electron chi connectivity index (χ1n) is 8.22. The van der Waals surface area contributed by atoms with Gasteiger partial charge in [0.1, 0.15) is 11.6 Å². The Morgan fingerprint density at radius 2 is 1.76 bits per heavy atom. The summed E-state index contributed by atoms with van der Waals surface area (Å²) >= 11 is 1.53. The summed E-state index contributed by atoms with van der Waals surface area (Å²) in [6, 6.07) is 5.93. The summed E-state index contributed by atoms with van der Waals surface area (Å²) in [7, 11) is 0. The number of rotatable bonds is 5. The zero-order valence-corrected chi connectivity index (χ0v) is 16.0. The van der Waals surface area contributed by atoms with Crippen LogP contribution >= 0.6 is 11.3 Å². The molecule has 1 unspecified atom stereocenters. The largest absolute Gasteiger partial charge is 0.338 e. The summed E-state index contributed by atoms with van der Waals surface area (Å²) in [6.45, 7) is 0.897. The highest BCUT2D eigenvalue weighted by Crippen LogP contribution is 2.18. The number of amides is 2. The molecule has 2 amide bonds. The van der Waals surface area contributed by atoms with E-state index < -0.39 is 29.8 Å². The summed E-state index contributed by atoms with van der Waals surface area (Å²) in [5.74, 6) is 9.02. The van der Waals surface area contributed by atoms with Gasteiger partial charge >= 0.3 is 0 Å². The molecule has 0 aliphatic heterocycles. The third-order valence-electron chi connectivity index (χ3n) is 3.88. The highest BCUT2D eigenvalue weighted by molar-refractivity contribution is 7.08. The zero-order chi connectivity index (χ0) is 21.4. The van der Waals surface area contributed by atoms with E-state index >= 15 is 0 Å². The number of nitrogens with one attached hydrogen (secondary N) is 2. The first-order chi connectivity index (χ1) is 13.8. The fourth-order valence-corrected chi connectivity index (χ4v) is 2.74. The monoisotopic (exact) mass is 417 g/mol. The number of benzene rings is 1. The zero-order valence-electron chi connectivity index (χ0n) is 15.2.